The monoisotopic (exact) mass is 271 g/mol. The molecule has 0 bridgehead atoms. The summed E-state index contributed by atoms with van der Waals surface area (Å²) in [7, 11) is 0. The molecule has 0 amide bonds. The molecule has 5 nitrogen and oxygen atoms in total. The van der Waals surface area contributed by atoms with Crippen LogP contribution in [-0.4, -0.2) is 17.0 Å². The molecule has 0 heterocycles. The van der Waals surface area contributed by atoms with Gasteiger partial charge < -0.3 is 0 Å². The molecule has 0 aliphatic rings. The van der Waals surface area contributed by atoms with Gasteiger partial charge in [-0.05, 0) is 28.9 Å². The van der Waals surface area contributed by atoms with Crippen LogP contribution in [0.2, 0.25) is 0 Å². The SMILES string of the molecule is CC(=O)c1c(Br)cc(C=O)cc1[N+](=O)[O-]. The number of nitro benzene ring substituents is 1. The molecule has 0 saturated heterocycles. The molecule has 6 heteroatoms. The second-order valence-corrected chi connectivity index (χ2v) is 3.68. The van der Waals surface area contributed by atoms with E-state index in [1.807, 2.05) is 0 Å². The van der Waals surface area contributed by atoms with Crippen LogP contribution in [0, 0.1) is 10.1 Å². The third-order valence-electron chi connectivity index (χ3n) is 1.78. The van der Waals surface area contributed by atoms with Crippen LogP contribution in [0.4, 0.5) is 5.69 Å². The van der Waals surface area contributed by atoms with Crippen LogP contribution >= 0.6 is 15.9 Å². The maximum Gasteiger partial charge on any atom is 0.282 e. The van der Waals surface area contributed by atoms with Crippen LogP contribution in [0.15, 0.2) is 16.6 Å². The number of aldehydes is 1. The predicted octanol–water partition coefficient (Wildman–Crippen LogP) is 2.37. The largest absolute Gasteiger partial charge is 0.298 e. The fourth-order valence-electron chi connectivity index (χ4n) is 1.17. The minimum atomic E-state index is -0.686. The Morgan fingerprint density at radius 3 is 2.53 bits per heavy atom. The number of rotatable bonds is 3. The van der Waals surface area contributed by atoms with E-state index in [1.54, 1.807) is 0 Å². The molecule has 0 atom stereocenters. The Morgan fingerprint density at radius 2 is 2.13 bits per heavy atom. The third kappa shape index (κ3) is 2.27. The fraction of sp³-hybridized carbons (Fsp3) is 0.111. The van der Waals surface area contributed by atoms with Crippen LogP contribution in [0.1, 0.15) is 27.6 Å². The van der Waals surface area contributed by atoms with Crippen molar-refractivity contribution in [3.05, 3.63) is 37.8 Å². The molecule has 1 rings (SSSR count). The van der Waals surface area contributed by atoms with Gasteiger partial charge in [-0.1, -0.05) is 0 Å². The molecule has 1 aromatic rings. The van der Waals surface area contributed by atoms with Crippen molar-refractivity contribution in [2.24, 2.45) is 0 Å². The Balaban J connectivity index is 3.56. The molecule has 0 saturated carbocycles. The minimum Gasteiger partial charge on any atom is -0.298 e. The van der Waals surface area contributed by atoms with Crippen molar-refractivity contribution in [3.63, 3.8) is 0 Å². The molecular weight excluding hydrogens is 266 g/mol. The van der Waals surface area contributed by atoms with Crippen molar-refractivity contribution in [3.8, 4) is 0 Å². The highest BCUT2D eigenvalue weighted by Gasteiger charge is 2.21. The lowest BCUT2D eigenvalue weighted by Gasteiger charge is -2.02. The molecule has 0 N–H and O–H groups in total. The van der Waals surface area contributed by atoms with Gasteiger partial charge in [0.25, 0.3) is 5.69 Å². The van der Waals surface area contributed by atoms with Crippen molar-refractivity contribution in [2.45, 2.75) is 6.92 Å². The number of carbonyl (C=O) groups is 2. The maximum atomic E-state index is 11.2. The van der Waals surface area contributed by atoms with E-state index in [0.717, 1.165) is 6.07 Å². The third-order valence-corrected chi connectivity index (χ3v) is 2.40. The highest BCUT2D eigenvalue weighted by molar-refractivity contribution is 9.10. The van der Waals surface area contributed by atoms with Crippen LogP contribution in [0.5, 0.6) is 0 Å². The summed E-state index contributed by atoms with van der Waals surface area (Å²) in [5, 5.41) is 10.7. The summed E-state index contributed by atoms with van der Waals surface area (Å²) >= 11 is 3.02. The molecule has 0 aliphatic heterocycles. The summed E-state index contributed by atoms with van der Waals surface area (Å²) in [4.78, 5) is 31.6. The van der Waals surface area contributed by atoms with Crippen molar-refractivity contribution in [2.75, 3.05) is 0 Å². The van der Waals surface area contributed by atoms with E-state index < -0.39 is 10.7 Å². The molecule has 15 heavy (non-hydrogen) atoms. The smallest absolute Gasteiger partial charge is 0.282 e. The Bertz CT molecular complexity index is 456. The summed E-state index contributed by atoms with van der Waals surface area (Å²) in [6.45, 7) is 1.23. The normalized spacial score (nSPS) is 9.73. The molecule has 0 unspecified atom stereocenters. The first-order valence-corrected chi connectivity index (χ1v) is 4.70. The first-order valence-electron chi connectivity index (χ1n) is 3.91. The second kappa shape index (κ2) is 4.31. The quantitative estimate of drug-likeness (QED) is 0.366. The zero-order valence-electron chi connectivity index (χ0n) is 7.69. The second-order valence-electron chi connectivity index (χ2n) is 2.83. The molecule has 0 aliphatic carbocycles. The van der Waals surface area contributed by atoms with Crippen LogP contribution in [0.3, 0.4) is 0 Å². The standard InChI is InChI=1S/C9H6BrNO4/c1-5(13)9-7(10)2-6(4-12)3-8(9)11(14)15/h2-4H,1H3. The lowest BCUT2D eigenvalue weighted by atomic mass is 10.1. The van der Waals surface area contributed by atoms with Gasteiger partial charge in [-0.15, -0.1) is 0 Å². The van der Waals surface area contributed by atoms with E-state index in [2.05, 4.69) is 15.9 Å². The average Bonchev–Trinajstić information content (AvgIpc) is 2.15. The van der Waals surface area contributed by atoms with Gasteiger partial charge in [0.15, 0.2) is 5.78 Å². The van der Waals surface area contributed by atoms with Gasteiger partial charge in [-0.25, -0.2) is 0 Å². The van der Waals surface area contributed by atoms with E-state index in [4.69, 9.17) is 0 Å². The number of carbonyl (C=O) groups excluding carboxylic acids is 2. The molecular formula is C9H6BrNO4. The highest BCUT2D eigenvalue weighted by atomic mass is 79.9. The summed E-state index contributed by atoms with van der Waals surface area (Å²) < 4.78 is 0.256. The Morgan fingerprint density at radius 1 is 1.53 bits per heavy atom. The Kier molecular flexibility index (Phi) is 3.31. The van der Waals surface area contributed by atoms with Gasteiger partial charge in [0.1, 0.15) is 11.8 Å². The van der Waals surface area contributed by atoms with Crippen molar-refractivity contribution in [1.82, 2.24) is 0 Å². The van der Waals surface area contributed by atoms with Gasteiger partial charge in [0, 0.05) is 16.1 Å². The number of ketones is 1. The number of halogens is 1. The number of Topliss-reactive ketones (excluding diaryl/α,β-unsaturated/α-hetero) is 1. The van der Waals surface area contributed by atoms with E-state index in [1.165, 1.54) is 13.0 Å². The molecule has 0 fully saturated rings. The zero-order chi connectivity index (χ0) is 11.6. The number of nitrogens with zero attached hydrogens (tertiary/aromatic N) is 1. The van der Waals surface area contributed by atoms with Crippen LogP contribution in [0.25, 0.3) is 0 Å². The fourth-order valence-corrected chi connectivity index (χ4v) is 1.92. The molecule has 0 spiro atoms. The first-order chi connectivity index (χ1) is 6.97. The highest BCUT2D eigenvalue weighted by Crippen LogP contribution is 2.28. The van der Waals surface area contributed by atoms with Crippen molar-refractivity contribution < 1.29 is 14.5 Å². The van der Waals surface area contributed by atoms with E-state index in [9.17, 15) is 19.7 Å². The maximum absolute atomic E-state index is 11.2. The number of hydrogen-bond acceptors (Lipinski definition) is 4. The average molecular weight is 272 g/mol. The van der Waals surface area contributed by atoms with Crippen LogP contribution < -0.4 is 0 Å². The van der Waals surface area contributed by atoms with Crippen LogP contribution in [-0.2, 0) is 0 Å². The number of hydrogen-bond donors (Lipinski definition) is 0. The van der Waals surface area contributed by atoms with Gasteiger partial charge in [0.05, 0.1) is 4.92 Å². The summed E-state index contributed by atoms with van der Waals surface area (Å²) in [5.74, 6) is -0.425. The Hall–Kier alpha value is -1.56. The molecule has 1 aromatic carbocycles. The van der Waals surface area contributed by atoms with Crippen molar-refractivity contribution in [1.29, 1.82) is 0 Å². The number of benzene rings is 1. The molecule has 0 radical (unpaired) electrons. The topological polar surface area (TPSA) is 77.3 Å². The zero-order valence-corrected chi connectivity index (χ0v) is 9.28. The lowest BCUT2D eigenvalue weighted by Crippen LogP contribution is -2.02. The van der Waals surface area contributed by atoms with Gasteiger partial charge >= 0.3 is 0 Å². The van der Waals surface area contributed by atoms with Crippen molar-refractivity contribution >= 4 is 33.7 Å². The van der Waals surface area contributed by atoms with Gasteiger partial charge in [-0.2, -0.15) is 0 Å². The molecule has 78 valence electrons. The predicted molar refractivity (Wildman–Crippen MR) is 56.2 cm³/mol. The lowest BCUT2D eigenvalue weighted by molar-refractivity contribution is -0.385. The summed E-state index contributed by atoms with van der Waals surface area (Å²) in [6.07, 6.45) is 0.488. The van der Waals surface area contributed by atoms with E-state index >= 15 is 0 Å². The Labute approximate surface area is 93.4 Å². The van der Waals surface area contributed by atoms with Gasteiger partial charge in [0.2, 0.25) is 0 Å². The van der Waals surface area contributed by atoms with E-state index in [0.29, 0.717) is 6.29 Å². The first kappa shape index (κ1) is 11.5. The van der Waals surface area contributed by atoms with Gasteiger partial charge in [-0.3, -0.25) is 19.7 Å². The molecule has 0 aromatic heterocycles. The van der Waals surface area contributed by atoms with E-state index in [-0.39, 0.29) is 21.3 Å². The number of nitro groups is 1. The minimum absolute atomic E-state index is 0.0226. The summed E-state index contributed by atoms with van der Waals surface area (Å²) in [6, 6.07) is 2.45. The summed E-state index contributed by atoms with van der Waals surface area (Å²) in [5.41, 5.74) is -0.233.